The third-order valence-electron chi connectivity index (χ3n) is 16.0. The first-order valence-corrected chi connectivity index (χ1v) is 28.1. The van der Waals surface area contributed by atoms with Crippen molar-refractivity contribution in [3.63, 3.8) is 0 Å². The van der Waals surface area contributed by atoms with Crippen LogP contribution < -0.4 is 31.8 Å². The second kappa shape index (κ2) is 25.6. The zero-order valence-corrected chi connectivity index (χ0v) is 46.8. The van der Waals surface area contributed by atoms with E-state index in [-0.39, 0.29) is 34.3 Å². The summed E-state index contributed by atoms with van der Waals surface area (Å²) in [7, 11) is 0. The van der Waals surface area contributed by atoms with Gasteiger partial charge >= 0.3 is 35.6 Å². The van der Waals surface area contributed by atoms with E-state index in [9.17, 15) is 69.2 Å². The molecule has 3 aliphatic rings. The van der Waals surface area contributed by atoms with Crippen molar-refractivity contribution >= 4 is 50.2 Å². The number of para-hydroxylation sites is 1. The monoisotopic (exact) mass is 1220 g/mol. The Labute approximate surface area is 490 Å². The summed E-state index contributed by atoms with van der Waals surface area (Å²) in [5, 5.41) is 29.1. The molecule has 9 aromatic rings. The topological polar surface area (TPSA) is 193 Å². The largest absolute Gasteiger partial charge is 0.508 e. The van der Waals surface area contributed by atoms with Crippen molar-refractivity contribution in [3.05, 3.63) is 176 Å². The van der Waals surface area contributed by atoms with Crippen LogP contribution >= 0.6 is 0 Å². The smallest absolute Gasteiger partial charge is 0.416 e. The number of phenolic OH excluding ortho intramolecular Hbond substituents is 3. The predicted molar refractivity (Wildman–Crippen MR) is 313 cm³/mol. The summed E-state index contributed by atoms with van der Waals surface area (Å²) < 4.78 is 121. The molecule has 12 rings (SSSR count). The SMILES string of the molecule is O=c1[nH]c2c(O)cccc2n1CCN1CCN(c2cccc(C(F)(F)F)c2)CC1.O=c1[nH]c2cc(O)ccc2n1CCN1CCN(c2cccc(C(F)(F)F)c2)CC1.O=c1[nH]c2ccc(O)cc2n1CCN1CCN(c2cccc(C(F)(F)F)c2)CC1. The molecule has 0 unspecified atom stereocenters. The van der Waals surface area contributed by atoms with Crippen LogP contribution in [0.5, 0.6) is 17.2 Å². The van der Waals surface area contributed by atoms with Crippen molar-refractivity contribution in [2.45, 2.75) is 38.2 Å². The first kappa shape index (κ1) is 61.3. The molecule has 0 atom stereocenters. The summed E-state index contributed by atoms with van der Waals surface area (Å²) >= 11 is 0. The van der Waals surface area contributed by atoms with Crippen molar-refractivity contribution in [1.29, 1.82) is 0 Å². The Morgan fingerprint density at radius 3 is 1.16 bits per heavy atom. The van der Waals surface area contributed by atoms with E-state index in [1.54, 1.807) is 68.3 Å². The molecular weight excluding hydrogens is 1160 g/mol. The highest BCUT2D eigenvalue weighted by Gasteiger charge is 2.34. The average Bonchev–Trinajstić information content (AvgIpc) is 2.61. The molecule has 0 aliphatic carbocycles. The number of nitrogens with zero attached hydrogens (tertiary/aromatic N) is 9. The third-order valence-corrected chi connectivity index (χ3v) is 16.0. The van der Waals surface area contributed by atoms with Gasteiger partial charge in [0.1, 0.15) is 22.8 Å². The maximum Gasteiger partial charge on any atom is 0.416 e. The van der Waals surface area contributed by atoms with Crippen LogP contribution in [0.15, 0.2) is 142 Å². The van der Waals surface area contributed by atoms with Crippen LogP contribution in [0.4, 0.5) is 56.6 Å². The van der Waals surface area contributed by atoms with Gasteiger partial charge in [-0.25, -0.2) is 14.4 Å². The van der Waals surface area contributed by atoms with Gasteiger partial charge in [0.05, 0.1) is 44.3 Å². The fourth-order valence-electron chi connectivity index (χ4n) is 11.2. The molecule has 0 bridgehead atoms. The minimum Gasteiger partial charge on any atom is -0.508 e. The van der Waals surface area contributed by atoms with Crippen molar-refractivity contribution in [2.24, 2.45) is 0 Å². The number of hydrogen-bond donors (Lipinski definition) is 6. The van der Waals surface area contributed by atoms with Crippen molar-refractivity contribution < 1.29 is 54.8 Å². The molecule has 6 heterocycles. The second-order valence-corrected chi connectivity index (χ2v) is 21.4. The maximum atomic E-state index is 12.9. The number of rotatable bonds is 12. The lowest BCUT2D eigenvalue weighted by Crippen LogP contribution is -2.47. The van der Waals surface area contributed by atoms with Gasteiger partial charge in [0.2, 0.25) is 0 Å². The van der Waals surface area contributed by atoms with Gasteiger partial charge in [-0.15, -0.1) is 0 Å². The van der Waals surface area contributed by atoms with Gasteiger partial charge < -0.3 is 45.0 Å². The Balaban J connectivity index is 0.000000144. The van der Waals surface area contributed by atoms with Gasteiger partial charge in [-0.3, -0.25) is 28.4 Å². The molecule has 87 heavy (non-hydrogen) atoms. The number of aromatic nitrogens is 6. The molecule has 462 valence electrons. The van der Waals surface area contributed by atoms with Crippen LogP contribution in [0.25, 0.3) is 33.1 Å². The minimum atomic E-state index is -4.35. The van der Waals surface area contributed by atoms with E-state index in [0.29, 0.717) is 162 Å². The van der Waals surface area contributed by atoms with Gasteiger partial charge in [-0.2, -0.15) is 39.5 Å². The number of benzene rings is 6. The Morgan fingerprint density at radius 2 is 0.724 bits per heavy atom. The molecule has 0 radical (unpaired) electrons. The molecule has 3 aliphatic heterocycles. The highest BCUT2D eigenvalue weighted by atomic mass is 19.4. The molecule has 3 saturated heterocycles. The number of alkyl halides is 9. The normalized spacial score (nSPS) is 15.9. The lowest BCUT2D eigenvalue weighted by atomic mass is 10.1. The first-order valence-electron chi connectivity index (χ1n) is 28.1. The standard InChI is InChI=1S/3C20H21F3N4O2/c21-20(22,23)14-3-1-4-15(13-14)26-10-7-25(8-11-26)9-12-27-16-5-2-6-17(28)18(16)24-19(27)29;21-20(22,23)14-2-1-3-15(12-14)26-9-6-25(7-10-26)8-11-27-18-5-4-16(28)13-17(18)24-19(27)29;21-20(22,23)14-2-1-3-15(12-14)26-9-6-25(7-10-26)8-11-27-18-13-16(28)4-5-17(18)24-19(27)29/h1-6,13,28H,7-12H2,(H,24,29);2*1-5,12-13,28H,6-11H2,(H,24,29). The predicted octanol–water partition coefficient (Wildman–Crippen LogP) is 8.63. The Kier molecular flexibility index (Phi) is 18.1. The Bertz CT molecular complexity index is 3930. The number of H-pyrrole nitrogens is 3. The van der Waals surface area contributed by atoms with Crippen molar-refractivity contribution in [3.8, 4) is 17.2 Å². The van der Waals surface area contributed by atoms with E-state index in [1.165, 1.54) is 54.6 Å². The zero-order chi connectivity index (χ0) is 61.8. The Morgan fingerprint density at radius 1 is 0.356 bits per heavy atom. The maximum absolute atomic E-state index is 12.9. The van der Waals surface area contributed by atoms with Crippen LogP contribution in [0.1, 0.15) is 16.7 Å². The van der Waals surface area contributed by atoms with E-state index < -0.39 is 35.2 Å². The van der Waals surface area contributed by atoms with Crippen LogP contribution in [-0.2, 0) is 38.2 Å². The van der Waals surface area contributed by atoms with E-state index >= 15 is 0 Å². The molecule has 3 fully saturated rings. The van der Waals surface area contributed by atoms with Gasteiger partial charge in [-0.1, -0.05) is 24.3 Å². The van der Waals surface area contributed by atoms with Crippen LogP contribution in [-0.4, -0.2) is 157 Å². The number of anilines is 3. The molecule has 3 aromatic heterocycles. The van der Waals surface area contributed by atoms with Crippen molar-refractivity contribution in [1.82, 2.24) is 43.4 Å². The summed E-state index contributed by atoms with van der Waals surface area (Å²) in [5.41, 5.74) is 2.79. The number of aromatic hydroxyl groups is 3. The van der Waals surface area contributed by atoms with Gasteiger partial charge in [0.15, 0.2) is 0 Å². The first-order chi connectivity index (χ1) is 41.4. The highest BCUT2D eigenvalue weighted by molar-refractivity contribution is 5.81. The average molecular weight is 1220 g/mol. The number of fused-ring (bicyclic) bond motifs is 3. The molecule has 27 heteroatoms. The number of halogens is 9. The molecule has 18 nitrogen and oxygen atoms in total. The summed E-state index contributed by atoms with van der Waals surface area (Å²) in [6.07, 6.45) is -13.0. The number of imidazole rings is 3. The summed E-state index contributed by atoms with van der Waals surface area (Å²) in [4.78, 5) is 57.1. The number of aromatic amines is 3. The number of hydrogen-bond acceptors (Lipinski definition) is 12. The number of nitrogens with one attached hydrogen (secondary N) is 3. The van der Waals surface area contributed by atoms with E-state index in [4.69, 9.17) is 0 Å². The molecule has 0 amide bonds. The summed E-state index contributed by atoms with van der Waals surface area (Å²) in [6, 6.07) is 30.7. The minimum absolute atomic E-state index is 0.0352. The second-order valence-electron chi connectivity index (χ2n) is 21.4. The highest BCUT2D eigenvalue weighted by Crippen LogP contribution is 2.35. The lowest BCUT2D eigenvalue weighted by molar-refractivity contribution is -0.138. The van der Waals surface area contributed by atoms with Gasteiger partial charge in [0.25, 0.3) is 0 Å². The molecule has 6 aromatic carbocycles. The Hall–Kier alpha value is -8.82. The van der Waals surface area contributed by atoms with Crippen molar-refractivity contribution in [2.75, 3.05) is 113 Å². The fraction of sp³-hybridized carbons (Fsp3) is 0.350. The van der Waals surface area contributed by atoms with Crippen LogP contribution in [0, 0.1) is 0 Å². The number of piperazine rings is 3. The third kappa shape index (κ3) is 14.7. The van der Waals surface area contributed by atoms with Crippen LogP contribution in [0.2, 0.25) is 0 Å². The summed E-state index contributed by atoms with van der Waals surface area (Å²) in [5.74, 6) is 0.226. The quantitative estimate of drug-likeness (QED) is 0.0639. The van der Waals surface area contributed by atoms with E-state index in [2.05, 4.69) is 29.7 Å². The summed E-state index contributed by atoms with van der Waals surface area (Å²) in [6.45, 7) is 11.2. The van der Waals surface area contributed by atoms with E-state index in [1.807, 2.05) is 14.7 Å². The zero-order valence-electron chi connectivity index (χ0n) is 46.8. The molecule has 6 N–H and O–H groups in total. The van der Waals surface area contributed by atoms with Gasteiger partial charge in [0, 0.05) is 147 Å². The van der Waals surface area contributed by atoms with E-state index in [0.717, 1.165) is 23.7 Å². The molecule has 0 spiro atoms. The lowest BCUT2D eigenvalue weighted by Gasteiger charge is -2.36. The fourth-order valence-corrected chi connectivity index (χ4v) is 11.2. The number of phenols is 3. The molecule has 0 saturated carbocycles. The molecular formula is C60H63F9N12O6. The van der Waals surface area contributed by atoms with Gasteiger partial charge in [-0.05, 0) is 91.0 Å². The van der Waals surface area contributed by atoms with Crippen LogP contribution in [0.3, 0.4) is 0 Å².